The van der Waals surface area contributed by atoms with Crippen LogP contribution >= 0.6 is 34.3 Å². The summed E-state index contributed by atoms with van der Waals surface area (Å²) in [5.41, 5.74) is 0.757. The standard InChI is InChI=1S/C17H10ClN3OS2/c18-12-5-3-11(4-6-12)10-14-16(22)21-17(24-14)19-15(20-21)8-7-13-2-1-9-23-13/h1-10H/b8-7+,14-10-. The van der Waals surface area contributed by atoms with E-state index < -0.39 is 0 Å². The second kappa shape index (κ2) is 6.32. The molecule has 0 amide bonds. The van der Waals surface area contributed by atoms with Crippen LogP contribution in [-0.4, -0.2) is 14.6 Å². The number of fused-ring (bicyclic) bond motifs is 1. The van der Waals surface area contributed by atoms with Crippen LogP contribution in [0.1, 0.15) is 16.3 Å². The third-order valence-electron chi connectivity index (χ3n) is 3.31. The molecule has 0 radical (unpaired) electrons. The summed E-state index contributed by atoms with van der Waals surface area (Å²) in [5.74, 6) is 0.532. The van der Waals surface area contributed by atoms with E-state index in [0.29, 0.717) is 20.3 Å². The summed E-state index contributed by atoms with van der Waals surface area (Å²) in [6, 6.07) is 11.3. The molecule has 0 aliphatic heterocycles. The quantitative estimate of drug-likeness (QED) is 0.553. The van der Waals surface area contributed by atoms with E-state index in [1.165, 1.54) is 15.9 Å². The largest absolute Gasteiger partial charge is 0.291 e. The number of thiophene rings is 1. The second-order valence-corrected chi connectivity index (χ2v) is 7.41. The Hall–Kier alpha value is -2.28. The van der Waals surface area contributed by atoms with Gasteiger partial charge in [-0.1, -0.05) is 41.1 Å². The lowest BCUT2D eigenvalue weighted by molar-refractivity contribution is 0.925. The number of aromatic nitrogens is 3. The summed E-state index contributed by atoms with van der Waals surface area (Å²) in [6.07, 6.45) is 5.57. The molecule has 0 fully saturated rings. The maximum Gasteiger partial charge on any atom is 0.291 e. The van der Waals surface area contributed by atoms with Crippen molar-refractivity contribution in [2.45, 2.75) is 0 Å². The topological polar surface area (TPSA) is 47.3 Å². The highest BCUT2D eigenvalue weighted by Crippen LogP contribution is 2.13. The molecule has 3 heterocycles. The van der Waals surface area contributed by atoms with Crippen LogP contribution < -0.4 is 10.1 Å². The average Bonchev–Trinajstić information content (AvgIpc) is 3.27. The van der Waals surface area contributed by atoms with Crippen molar-refractivity contribution < 1.29 is 0 Å². The average molecular weight is 372 g/mol. The van der Waals surface area contributed by atoms with Gasteiger partial charge in [0.1, 0.15) is 0 Å². The molecule has 1 aromatic carbocycles. The molecule has 0 unspecified atom stereocenters. The third kappa shape index (κ3) is 3.03. The number of halogens is 1. The number of benzene rings is 1. The zero-order chi connectivity index (χ0) is 16.5. The molecule has 0 atom stereocenters. The zero-order valence-corrected chi connectivity index (χ0v) is 14.6. The Kier molecular flexibility index (Phi) is 4.02. The molecule has 0 spiro atoms. The first-order valence-electron chi connectivity index (χ1n) is 7.07. The number of hydrogen-bond acceptors (Lipinski definition) is 5. The van der Waals surface area contributed by atoms with Crippen LogP contribution in [0.2, 0.25) is 5.02 Å². The number of rotatable bonds is 3. The van der Waals surface area contributed by atoms with Crippen molar-refractivity contribution in [3.8, 4) is 0 Å². The summed E-state index contributed by atoms with van der Waals surface area (Å²) >= 11 is 8.83. The molecule has 0 saturated heterocycles. The molecular formula is C17H10ClN3OS2. The van der Waals surface area contributed by atoms with E-state index in [2.05, 4.69) is 10.1 Å². The van der Waals surface area contributed by atoms with Crippen molar-refractivity contribution in [3.63, 3.8) is 0 Å². The van der Waals surface area contributed by atoms with Gasteiger partial charge in [-0.25, -0.2) is 0 Å². The minimum Gasteiger partial charge on any atom is -0.266 e. The van der Waals surface area contributed by atoms with Gasteiger partial charge >= 0.3 is 0 Å². The Labute approximate surface area is 150 Å². The normalized spacial score (nSPS) is 12.6. The highest BCUT2D eigenvalue weighted by molar-refractivity contribution is 7.15. The molecule has 0 saturated carbocycles. The van der Waals surface area contributed by atoms with Gasteiger partial charge in [-0.15, -0.1) is 16.4 Å². The van der Waals surface area contributed by atoms with E-state index in [1.807, 2.05) is 47.9 Å². The SMILES string of the molecule is O=c1/c(=C/c2ccc(Cl)cc2)sc2nc(/C=C/c3cccs3)nn12. The predicted molar refractivity (Wildman–Crippen MR) is 101 cm³/mol. The van der Waals surface area contributed by atoms with E-state index in [4.69, 9.17) is 11.6 Å². The molecule has 4 rings (SSSR count). The van der Waals surface area contributed by atoms with Crippen LogP contribution in [-0.2, 0) is 0 Å². The maximum atomic E-state index is 12.4. The molecule has 4 aromatic rings. The van der Waals surface area contributed by atoms with Crippen LogP contribution in [0.25, 0.3) is 23.2 Å². The zero-order valence-electron chi connectivity index (χ0n) is 12.2. The van der Waals surface area contributed by atoms with Crippen LogP contribution in [0.3, 0.4) is 0 Å². The molecule has 0 N–H and O–H groups in total. The molecule has 4 nitrogen and oxygen atoms in total. The number of thiazole rings is 1. The van der Waals surface area contributed by atoms with Crippen molar-refractivity contribution in [1.29, 1.82) is 0 Å². The Morgan fingerprint density at radius 2 is 1.96 bits per heavy atom. The molecule has 118 valence electrons. The number of hydrogen-bond donors (Lipinski definition) is 0. The minimum atomic E-state index is -0.159. The fraction of sp³-hybridized carbons (Fsp3) is 0. The summed E-state index contributed by atoms with van der Waals surface area (Å²) in [6.45, 7) is 0. The Morgan fingerprint density at radius 3 is 2.67 bits per heavy atom. The summed E-state index contributed by atoms with van der Waals surface area (Å²) in [5, 5.41) is 6.94. The van der Waals surface area contributed by atoms with Crippen molar-refractivity contribution in [1.82, 2.24) is 14.6 Å². The van der Waals surface area contributed by atoms with Gasteiger partial charge in [-0.3, -0.25) is 4.79 Å². The van der Waals surface area contributed by atoms with Gasteiger partial charge in [0, 0.05) is 9.90 Å². The molecule has 0 aliphatic carbocycles. The molecule has 0 aliphatic rings. The molecular weight excluding hydrogens is 362 g/mol. The maximum absolute atomic E-state index is 12.4. The highest BCUT2D eigenvalue weighted by atomic mass is 35.5. The van der Waals surface area contributed by atoms with Crippen LogP contribution in [0.5, 0.6) is 0 Å². The molecule has 3 aromatic heterocycles. The van der Waals surface area contributed by atoms with Gasteiger partial charge in [-0.2, -0.15) is 9.50 Å². The van der Waals surface area contributed by atoms with Crippen molar-refractivity contribution in [2.24, 2.45) is 0 Å². The second-order valence-electron chi connectivity index (χ2n) is 4.98. The van der Waals surface area contributed by atoms with Crippen LogP contribution in [0.15, 0.2) is 46.6 Å². The van der Waals surface area contributed by atoms with E-state index in [-0.39, 0.29) is 5.56 Å². The predicted octanol–water partition coefficient (Wildman–Crippen LogP) is 3.58. The number of nitrogens with zero attached hydrogens (tertiary/aromatic N) is 3. The van der Waals surface area contributed by atoms with Crippen LogP contribution in [0, 0.1) is 0 Å². The van der Waals surface area contributed by atoms with Crippen molar-refractivity contribution in [3.05, 3.63) is 78.0 Å². The smallest absolute Gasteiger partial charge is 0.266 e. The van der Waals surface area contributed by atoms with E-state index in [9.17, 15) is 4.79 Å². The van der Waals surface area contributed by atoms with E-state index in [0.717, 1.165) is 10.4 Å². The van der Waals surface area contributed by atoms with Gasteiger partial charge < -0.3 is 0 Å². The first-order valence-corrected chi connectivity index (χ1v) is 9.15. The summed E-state index contributed by atoms with van der Waals surface area (Å²) < 4.78 is 1.95. The minimum absolute atomic E-state index is 0.159. The fourth-order valence-electron chi connectivity index (χ4n) is 2.17. The third-order valence-corrected chi connectivity index (χ3v) is 5.35. The molecule has 24 heavy (non-hydrogen) atoms. The van der Waals surface area contributed by atoms with E-state index >= 15 is 0 Å². The van der Waals surface area contributed by atoms with Crippen molar-refractivity contribution in [2.75, 3.05) is 0 Å². The Morgan fingerprint density at radius 1 is 1.12 bits per heavy atom. The first-order chi connectivity index (χ1) is 11.7. The molecule has 0 bridgehead atoms. The van der Waals surface area contributed by atoms with Gasteiger partial charge in [0.2, 0.25) is 4.96 Å². The van der Waals surface area contributed by atoms with Crippen molar-refractivity contribution >= 4 is 57.5 Å². The molecule has 7 heteroatoms. The van der Waals surface area contributed by atoms with Crippen LogP contribution in [0.4, 0.5) is 0 Å². The monoisotopic (exact) mass is 371 g/mol. The Bertz CT molecular complexity index is 1130. The lowest BCUT2D eigenvalue weighted by Crippen LogP contribution is -2.23. The fourth-order valence-corrected chi connectivity index (χ4v) is 3.83. The first kappa shape index (κ1) is 15.3. The summed E-state index contributed by atoms with van der Waals surface area (Å²) in [7, 11) is 0. The van der Waals surface area contributed by atoms with Gasteiger partial charge in [0.15, 0.2) is 5.82 Å². The van der Waals surface area contributed by atoms with Gasteiger partial charge in [0.25, 0.3) is 5.56 Å². The lowest BCUT2D eigenvalue weighted by atomic mass is 10.2. The van der Waals surface area contributed by atoms with Gasteiger partial charge in [0.05, 0.1) is 4.53 Å². The van der Waals surface area contributed by atoms with E-state index in [1.54, 1.807) is 23.5 Å². The lowest BCUT2D eigenvalue weighted by Gasteiger charge is -1.91. The van der Waals surface area contributed by atoms with Gasteiger partial charge in [-0.05, 0) is 47.4 Å². The highest BCUT2D eigenvalue weighted by Gasteiger charge is 2.08. The summed E-state index contributed by atoms with van der Waals surface area (Å²) in [4.78, 5) is 18.5. The Balaban J connectivity index is 1.70.